The van der Waals surface area contributed by atoms with E-state index in [9.17, 15) is 14.7 Å². The van der Waals surface area contributed by atoms with E-state index in [1.165, 1.54) is 0 Å². The van der Waals surface area contributed by atoms with Crippen molar-refractivity contribution in [1.82, 2.24) is 10.2 Å². The molecule has 1 fully saturated rings. The number of anilines is 1. The van der Waals surface area contributed by atoms with E-state index < -0.39 is 18.1 Å². The van der Waals surface area contributed by atoms with Crippen LogP contribution in [0.4, 0.5) is 10.5 Å². The smallest absolute Gasteiger partial charge is 0.407 e. The molecule has 1 aliphatic heterocycles. The van der Waals surface area contributed by atoms with E-state index in [1.807, 2.05) is 60.7 Å². The summed E-state index contributed by atoms with van der Waals surface area (Å²) in [5, 5.41) is 15.6. The van der Waals surface area contributed by atoms with Gasteiger partial charge < -0.3 is 25.2 Å². The molecule has 1 atom stereocenters. The number of fused-ring (bicyclic) bond motifs is 3. The van der Waals surface area contributed by atoms with E-state index >= 15 is 0 Å². The molecule has 0 radical (unpaired) electrons. The van der Waals surface area contributed by atoms with Crippen molar-refractivity contribution in [1.29, 1.82) is 0 Å². The van der Waals surface area contributed by atoms with Gasteiger partial charge in [0, 0.05) is 44.2 Å². The first-order chi connectivity index (χ1) is 18.6. The van der Waals surface area contributed by atoms with Gasteiger partial charge in [0.2, 0.25) is 0 Å². The quantitative estimate of drug-likeness (QED) is 0.376. The second-order valence-corrected chi connectivity index (χ2v) is 9.64. The molecule has 0 unspecified atom stereocenters. The largest absolute Gasteiger partial charge is 0.480 e. The number of hydrogen-bond acceptors (Lipinski definition) is 6. The van der Waals surface area contributed by atoms with Crippen molar-refractivity contribution in [3.05, 3.63) is 89.5 Å². The van der Waals surface area contributed by atoms with Crippen molar-refractivity contribution in [3.63, 3.8) is 0 Å². The Balaban J connectivity index is 1.12. The average molecular weight is 516 g/mol. The van der Waals surface area contributed by atoms with Gasteiger partial charge in [-0.05, 0) is 39.9 Å². The molecule has 0 aromatic heterocycles. The summed E-state index contributed by atoms with van der Waals surface area (Å²) in [5.74, 6) is -1.19. The number of benzene rings is 3. The summed E-state index contributed by atoms with van der Waals surface area (Å²) in [6.07, 6.45) is -0.575. The van der Waals surface area contributed by atoms with Gasteiger partial charge in [0.15, 0.2) is 0 Å². The number of hydrogen-bond donors (Lipinski definition) is 3. The number of carbonyl (C=O) groups excluding carboxylic acids is 1. The zero-order valence-corrected chi connectivity index (χ0v) is 21.3. The lowest BCUT2D eigenvalue weighted by Crippen LogP contribution is -2.42. The van der Waals surface area contributed by atoms with Gasteiger partial charge in [-0.1, -0.05) is 60.7 Å². The molecule has 3 aromatic rings. The Morgan fingerprint density at radius 1 is 0.947 bits per heavy atom. The molecule has 8 heteroatoms. The zero-order chi connectivity index (χ0) is 26.3. The van der Waals surface area contributed by atoms with Gasteiger partial charge in [-0.2, -0.15) is 0 Å². The summed E-state index contributed by atoms with van der Waals surface area (Å²) in [6, 6.07) is 22.7. The first kappa shape index (κ1) is 25.8. The van der Waals surface area contributed by atoms with E-state index in [-0.39, 0.29) is 18.9 Å². The summed E-state index contributed by atoms with van der Waals surface area (Å²) in [6.45, 7) is 5.36. The molecule has 3 N–H and O–H groups in total. The molecule has 0 bridgehead atoms. The van der Waals surface area contributed by atoms with Crippen LogP contribution in [0.5, 0.6) is 0 Å². The Bertz CT molecular complexity index is 1210. The standard InChI is InChI=1S/C30H33N3O5/c34-29(35)28(19-21-9-11-22(12-10-21)31-13-14-33-15-17-37-18-16-33)32-30(36)38-20-27-25-7-3-1-5-23(25)24-6-2-4-8-26(24)27/h1-12,27-28,31H,13-20H2,(H,32,36)(H,34,35)/t28-/m1/s1. The fourth-order valence-electron chi connectivity index (χ4n) is 5.16. The van der Waals surface area contributed by atoms with Crippen LogP contribution in [0, 0.1) is 0 Å². The maximum absolute atomic E-state index is 12.6. The average Bonchev–Trinajstić information content (AvgIpc) is 3.26. The van der Waals surface area contributed by atoms with Gasteiger partial charge >= 0.3 is 12.1 Å². The van der Waals surface area contributed by atoms with Crippen LogP contribution in [-0.2, 0) is 20.7 Å². The highest BCUT2D eigenvalue weighted by atomic mass is 16.5. The molecular formula is C30H33N3O5. The van der Waals surface area contributed by atoms with Gasteiger partial charge in [0.05, 0.1) is 13.2 Å². The van der Waals surface area contributed by atoms with Crippen LogP contribution in [0.3, 0.4) is 0 Å². The van der Waals surface area contributed by atoms with E-state index in [2.05, 4.69) is 27.7 Å². The summed E-state index contributed by atoms with van der Waals surface area (Å²) >= 11 is 0. The first-order valence-electron chi connectivity index (χ1n) is 13.1. The van der Waals surface area contributed by atoms with Gasteiger partial charge in [-0.25, -0.2) is 9.59 Å². The highest BCUT2D eigenvalue weighted by Gasteiger charge is 2.29. The summed E-state index contributed by atoms with van der Waals surface area (Å²) in [4.78, 5) is 26.9. The molecule has 8 nitrogen and oxygen atoms in total. The lowest BCUT2D eigenvalue weighted by atomic mass is 9.98. The summed E-state index contributed by atoms with van der Waals surface area (Å²) < 4.78 is 10.9. The molecule has 1 saturated heterocycles. The Hall–Kier alpha value is -3.88. The highest BCUT2D eigenvalue weighted by Crippen LogP contribution is 2.44. The van der Waals surface area contributed by atoms with Crippen molar-refractivity contribution in [2.45, 2.75) is 18.4 Å². The number of ether oxygens (including phenoxy) is 2. The van der Waals surface area contributed by atoms with Gasteiger partial charge in [0.1, 0.15) is 12.6 Å². The second-order valence-electron chi connectivity index (χ2n) is 9.64. The molecular weight excluding hydrogens is 482 g/mol. The maximum Gasteiger partial charge on any atom is 0.407 e. The third-order valence-electron chi connectivity index (χ3n) is 7.19. The van der Waals surface area contributed by atoms with Crippen molar-refractivity contribution in [2.24, 2.45) is 0 Å². The predicted molar refractivity (Wildman–Crippen MR) is 146 cm³/mol. The summed E-state index contributed by atoms with van der Waals surface area (Å²) in [7, 11) is 0. The number of carbonyl (C=O) groups is 2. The molecule has 2 aliphatic rings. The lowest BCUT2D eigenvalue weighted by Gasteiger charge is -2.26. The number of aliphatic carboxylic acids is 1. The predicted octanol–water partition coefficient (Wildman–Crippen LogP) is 3.97. The van der Waals surface area contributed by atoms with Crippen LogP contribution >= 0.6 is 0 Å². The van der Waals surface area contributed by atoms with Crippen molar-refractivity contribution in [2.75, 3.05) is 51.3 Å². The Morgan fingerprint density at radius 3 is 2.21 bits per heavy atom. The van der Waals surface area contributed by atoms with Crippen molar-refractivity contribution in [3.8, 4) is 11.1 Å². The molecule has 198 valence electrons. The number of nitrogens with zero attached hydrogens (tertiary/aromatic N) is 1. The normalized spacial score (nSPS) is 15.8. The van der Waals surface area contributed by atoms with Crippen LogP contribution in [0.1, 0.15) is 22.6 Å². The second kappa shape index (κ2) is 12.1. The molecule has 3 aromatic carbocycles. The molecule has 1 amide bonds. The van der Waals surface area contributed by atoms with Gasteiger partial charge in [-0.3, -0.25) is 4.90 Å². The van der Waals surface area contributed by atoms with E-state index in [0.717, 1.165) is 72.9 Å². The molecule has 1 aliphatic carbocycles. The number of rotatable bonds is 10. The summed E-state index contributed by atoms with van der Waals surface area (Å²) in [5.41, 5.74) is 6.28. The Kier molecular flexibility index (Phi) is 8.21. The number of amides is 1. The van der Waals surface area contributed by atoms with Crippen molar-refractivity contribution < 1.29 is 24.2 Å². The van der Waals surface area contributed by atoms with Crippen LogP contribution in [0.15, 0.2) is 72.8 Å². The number of alkyl carbamates (subject to hydrolysis) is 1. The monoisotopic (exact) mass is 515 g/mol. The first-order valence-corrected chi connectivity index (χ1v) is 13.1. The topological polar surface area (TPSA) is 100 Å². The number of carboxylic acids is 1. The highest BCUT2D eigenvalue weighted by molar-refractivity contribution is 5.81. The van der Waals surface area contributed by atoms with Crippen LogP contribution < -0.4 is 10.6 Å². The van der Waals surface area contributed by atoms with E-state index in [0.29, 0.717) is 0 Å². The Morgan fingerprint density at radius 2 is 1.58 bits per heavy atom. The van der Waals surface area contributed by atoms with Gasteiger partial charge in [0.25, 0.3) is 0 Å². The molecule has 0 spiro atoms. The number of morpholine rings is 1. The number of carboxylic acid groups (broad SMARTS) is 1. The van der Waals surface area contributed by atoms with E-state index in [1.54, 1.807) is 0 Å². The van der Waals surface area contributed by atoms with Crippen LogP contribution in [0.2, 0.25) is 0 Å². The third-order valence-corrected chi connectivity index (χ3v) is 7.19. The van der Waals surface area contributed by atoms with Gasteiger partial charge in [-0.15, -0.1) is 0 Å². The minimum absolute atomic E-state index is 0.0836. The van der Waals surface area contributed by atoms with Crippen LogP contribution in [-0.4, -0.2) is 74.1 Å². The molecule has 1 heterocycles. The zero-order valence-electron chi connectivity index (χ0n) is 21.3. The fraction of sp³-hybridized carbons (Fsp3) is 0.333. The molecule has 0 saturated carbocycles. The molecule has 38 heavy (non-hydrogen) atoms. The minimum Gasteiger partial charge on any atom is -0.480 e. The maximum atomic E-state index is 12.6. The SMILES string of the molecule is O=C(N[C@H](Cc1ccc(NCCN2CCOCC2)cc1)C(=O)O)OCC1c2ccccc2-c2ccccc21. The number of nitrogens with one attached hydrogen (secondary N) is 2. The minimum atomic E-state index is -1.11. The third kappa shape index (κ3) is 6.15. The van der Waals surface area contributed by atoms with Crippen LogP contribution in [0.25, 0.3) is 11.1 Å². The van der Waals surface area contributed by atoms with E-state index in [4.69, 9.17) is 9.47 Å². The van der Waals surface area contributed by atoms with Crippen molar-refractivity contribution >= 4 is 17.7 Å². The molecule has 5 rings (SSSR count). The Labute approximate surface area is 222 Å². The lowest BCUT2D eigenvalue weighted by molar-refractivity contribution is -0.139. The fourth-order valence-corrected chi connectivity index (χ4v) is 5.16.